The van der Waals surface area contributed by atoms with Gasteiger partial charge in [-0.25, -0.2) is 4.98 Å². The first-order valence-electron chi connectivity index (χ1n) is 4.26. The van der Waals surface area contributed by atoms with Gasteiger partial charge in [-0.15, -0.1) is 12.6 Å². The zero-order valence-electron chi connectivity index (χ0n) is 8.21. The zero-order chi connectivity index (χ0) is 11.3. The smallest absolute Gasteiger partial charge is 0.128 e. The van der Waals surface area contributed by atoms with Gasteiger partial charge < -0.3 is 5.73 Å². The maximum absolute atomic E-state index is 4.71. The van der Waals surface area contributed by atoms with Crippen LogP contribution < -0.4 is 5.73 Å². The third-order valence-electron chi connectivity index (χ3n) is 1.57. The highest BCUT2D eigenvalue weighted by molar-refractivity contribution is 8.10. The summed E-state index contributed by atoms with van der Waals surface area (Å²) in [4.78, 5) is 8.53. The Balaban J connectivity index is 0.000000245. The van der Waals surface area contributed by atoms with Gasteiger partial charge in [-0.1, -0.05) is 24.4 Å². The molecule has 0 spiro atoms. The lowest BCUT2D eigenvalue weighted by molar-refractivity contribution is 1.19. The van der Waals surface area contributed by atoms with Crippen LogP contribution in [0.15, 0.2) is 30.5 Å². The summed E-state index contributed by atoms with van der Waals surface area (Å²) in [6.45, 7) is 1.94. The van der Waals surface area contributed by atoms with Crippen LogP contribution in [0.3, 0.4) is 0 Å². The number of thiol groups is 1. The largest absolute Gasteiger partial charge is 0.385 e. The minimum atomic E-state index is 0.194. The molecular formula is C10H11N3S2. The number of rotatable bonds is 0. The molecule has 1 aromatic carbocycles. The van der Waals surface area contributed by atoms with E-state index in [1.807, 2.05) is 31.2 Å². The van der Waals surface area contributed by atoms with E-state index < -0.39 is 0 Å². The van der Waals surface area contributed by atoms with Crippen molar-refractivity contribution in [3.8, 4) is 0 Å². The van der Waals surface area contributed by atoms with Gasteiger partial charge in [-0.05, 0) is 19.1 Å². The summed E-state index contributed by atoms with van der Waals surface area (Å²) in [5.74, 6) is 0. The molecule has 0 atom stereocenters. The van der Waals surface area contributed by atoms with Crippen LogP contribution in [0.4, 0.5) is 0 Å². The minimum absolute atomic E-state index is 0.194. The number of nitrogens with two attached hydrogens (primary N) is 1. The summed E-state index contributed by atoms with van der Waals surface area (Å²) < 4.78 is 0.194. The van der Waals surface area contributed by atoms with E-state index >= 15 is 0 Å². The number of benzene rings is 1. The minimum Gasteiger partial charge on any atom is -0.385 e. The number of fused-ring (bicyclic) bond motifs is 1. The summed E-state index contributed by atoms with van der Waals surface area (Å²) >= 11 is 7.65. The van der Waals surface area contributed by atoms with E-state index in [-0.39, 0.29) is 4.32 Å². The maximum atomic E-state index is 4.71. The van der Waals surface area contributed by atoms with Crippen molar-refractivity contribution in [1.29, 1.82) is 0 Å². The van der Waals surface area contributed by atoms with Gasteiger partial charge in [0.2, 0.25) is 0 Å². The van der Waals surface area contributed by atoms with Gasteiger partial charge in [0.25, 0.3) is 0 Å². The average Bonchev–Trinajstić information content (AvgIpc) is 2.16. The average molecular weight is 237 g/mol. The summed E-state index contributed by atoms with van der Waals surface area (Å²) in [7, 11) is 0. The first-order chi connectivity index (χ1) is 7.09. The summed E-state index contributed by atoms with van der Waals surface area (Å²) in [6.07, 6.45) is 1.78. The molecule has 0 aliphatic rings. The number of aromatic nitrogens is 2. The van der Waals surface area contributed by atoms with Crippen LogP contribution in [0.5, 0.6) is 0 Å². The Kier molecular flexibility index (Phi) is 4.45. The molecule has 15 heavy (non-hydrogen) atoms. The Morgan fingerprint density at radius 1 is 1.33 bits per heavy atom. The molecule has 2 rings (SSSR count). The van der Waals surface area contributed by atoms with E-state index in [0.29, 0.717) is 0 Å². The predicted octanol–water partition coefficient (Wildman–Crippen LogP) is 2.10. The zero-order valence-corrected chi connectivity index (χ0v) is 9.92. The van der Waals surface area contributed by atoms with E-state index in [2.05, 4.69) is 34.8 Å². The quantitative estimate of drug-likeness (QED) is 0.544. The van der Waals surface area contributed by atoms with Gasteiger partial charge >= 0.3 is 0 Å². The fraction of sp³-hybridized carbons (Fsp3) is 0.100. The van der Waals surface area contributed by atoms with E-state index in [9.17, 15) is 0 Å². The second-order valence-corrected chi connectivity index (χ2v) is 4.06. The van der Waals surface area contributed by atoms with Crippen LogP contribution in [-0.4, -0.2) is 14.3 Å². The predicted molar refractivity (Wildman–Crippen MR) is 70.0 cm³/mol. The fourth-order valence-corrected chi connectivity index (χ4v) is 1.05. The van der Waals surface area contributed by atoms with Crippen molar-refractivity contribution in [2.24, 2.45) is 5.73 Å². The van der Waals surface area contributed by atoms with Gasteiger partial charge in [0, 0.05) is 6.20 Å². The molecule has 2 aromatic rings. The van der Waals surface area contributed by atoms with Crippen molar-refractivity contribution < 1.29 is 0 Å². The monoisotopic (exact) mass is 237 g/mol. The number of thiocarbonyl (C=S) groups is 1. The molecular weight excluding hydrogens is 226 g/mol. The van der Waals surface area contributed by atoms with Crippen LogP contribution in [0, 0.1) is 6.92 Å². The molecule has 1 aromatic heterocycles. The maximum Gasteiger partial charge on any atom is 0.128 e. The van der Waals surface area contributed by atoms with Gasteiger partial charge in [-0.2, -0.15) is 0 Å². The molecule has 0 bridgehead atoms. The number of nitrogens with zero attached hydrogens (tertiary/aromatic N) is 2. The van der Waals surface area contributed by atoms with Crippen molar-refractivity contribution in [1.82, 2.24) is 9.97 Å². The SMILES string of the molecule is Cc1cnc2ccccc2n1.NC(=S)S. The lowest BCUT2D eigenvalue weighted by Crippen LogP contribution is -1.94. The van der Waals surface area contributed by atoms with Crippen LogP contribution >= 0.6 is 24.8 Å². The number of hydrogen-bond acceptors (Lipinski definition) is 3. The molecule has 0 aliphatic heterocycles. The van der Waals surface area contributed by atoms with E-state index in [1.165, 1.54) is 0 Å². The summed E-state index contributed by atoms with van der Waals surface area (Å²) in [5.41, 5.74) is 7.59. The molecule has 0 unspecified atom stereocenters. The topological polar surface area (TPSA) is 51.8 Å². The number of para-hydroxylation sites is 2. The highest BCUT2D eigenvalue weighted by atomic mass is 32.1. The molecule has 3 nitrogen and oxygen atoms in total. The first-order valence-corrected chi connectivity index (χ1v) is 5.12. The fourth-order valence-electron chi connectivity index (χ4n) is 1.05. The Labute approximate surface area is 99.1 Å². The van der Waals surface area contributed by atoms with Crippen LogP contribution in [0.25, 0.3) is 11.0 Å². The van der Waals surface area contributed by atoms with Crippen molar-refractivity contribution in [2.75, 3.05) is 0 Å². The number of aryl methyl sites for hydroxylation is 1. The van der Waals surface area contributed by atoms with E-state index in [0.717, 1.165) is 16.7 Å². The summed E-state index contributed by atoms with van der Waals surface area (Å²) in [6, 6.07) is 7.86. The Morgan fingerprint density at radius 2 is 1.87 bits per heavy atom. The van der Waals surface area contributed by atoms with Gasteiger partial charge in [0.1, 0.15) is 4.32 Å². The molecule has 2 N–H and O–H groups in total. The lowest BCUT2D eigenvalue weighted by Gasteiger charge is -1.95. The van der Waals surface area contributed by atoms with Crippen molar-refractivity contribution >= 4 is 40.2 Å². The van der Waals surface area contributed by atoms with Crippen molar-refractivity contribution in [3.05, 3.63) is 36.2 Å². The third kappa shape index (κ3) is 4.22. The molecule has 0 fully saturated rings. The van der Waals surface area contributed by atoms with E-state index in [4.69, 9.17) is 5.73 Å². The first kappa shape index (κ1) is 11.9. The van der Waals surface area contributed by atoms with Crippen LogP contribution in [0.2, 0.25) is 0 Å². The standard InChI is InChI=1S/C9H8N2.CH3NS2/c1-7-6-10-8-4-2-3-5-9(8)11-7;2-1(3)4/h2-6H,1H3;(H3,2,3,4). The normalized spacial score (nSPS) is 9.20. The van der Waals surface area contributed by atoms with E-state index in [1.54, 1.807) is 6.20 Å². The molecule has 0 amide bonds. The third-order valence-corrected chi connectivity index (χ3v) is 1.57. The second-order valence-electron chi connectivity index (χ2n) is 2.84. The molecule has 0 saturated carbocycles. The molecule has 1 heterocycles. The van der Waals surface area contributed by atoms with Crippen molar-refractivity contribution in [3.63, 3.8) is 0 Å². The van der Waals surface area contributed by atoms with Gasteiger partial charge in [-0.3, -0.25) is 4.98 Å². The van der Waals surface area contributed by atoms with Crippen LogP contribution in [-0.2, 0) is 0 Å². The molecule has 78 valence electrons. The van der Waals surface area contributed by atoms with Gasteiger partial charge in [0.05, 0.1) is 16.7 Å². The molecule has 0 saturated heterocycles. The van der Waals surface area contributed by atoms with Gasteiger partial charge in [0.15, 0.2) is 0 Å². The summed E-state index contributed by atoms with van der Waals surface area (Å²) in [5, 5.41) is 0. The number of hydrogen-bond donors (Lipinski definition) is 2. The molecule has 0 aliphatic carbocycles. The highest BCUT2D eigenvalue weighted by Crippen LogP contribution is 2.06. The molecule has 0 radical (unpaired) electrons. The Bertz CT molecular complexity index is 467. The van der Waals surface area contributed by atoms with Crippen molar-refractivity contribution in [2.45, 2.75) is 6.92 Å². The highest BCUT2D eigenvalue weighted by Gasteiger charge is 1.92. The Hall–Kier alpha value is -1.20. The van der Waals surface area contributed by atoms with Crippen LogP contribution in [0.1, 0.15) is 5.69 Å². The second kappa shape index (κ2) is 5.63. The lowest BCUT2D eigenvalue weighted by atomic mass is 10.3. The Morgan fingerprint density at radius 3 is 2.47 bits per heavy atom. The molecule has 5 heteroatoms.